The zero-order chi connectivity index (χ0) is 19.9. The maximum atomic E-state index is 12.9. The molecule has 5 nitrogen and oxygen atoms in total. The van der Waals surface area contributed by atoms with Crippen molar-refractivity contribution in [1.82, 2.24) is 4.90 Å². The summed E-state index contributed by atoms with van der Waals surface area (Å²) < 4.78 is 5.61. The smallest absolute Gasteiger partial charge is 0.227 e. The van der Waals surface area contributed by atoms with Gasteiger partial charge >= 0.3 is 0 Å². The highest BCUT2D eigenvalue weighted by Crippen LogP contribution is 2.31. The van der Waals surface area contributed by atoms with E-state index in [1.807, 2.05) is 59.5 Å². The second kappa shape index (κ2) is 9.40. The number of carbonyl (C=O) groups excluding carboxylic acids is 2. The molecule has 0 bridgehead atoms. The Morgan fingerprint density at radius 1 is 1.07 bits per heavy atom. The fraction of sp³-hybridized carbons (Fsp3) is 0.391. The number of carbonyl (C=O) groups is 2. The molecular weight excluding hydrogens is 352 g/mol. The van der Waals surface area contributed by atoms with Gasteiger partial charge in [0.05, 0.1) is 12.2 Å². The number of amides is 2. The van der Waals surface area contributed by atoms with Crippen molar-refractivity contribution in [2.24, 2.45) is 0 Å². The van der Waals surface area contributed by atoms with Gasteiger partial charge in [-0.2, -0.15) is 0 Å². The topological polar surface area (TPSA) is 49.9 Å². The lowest BCUT2D eigenvalue weighted by molar-refractivity contribution is -0.135. The molecular formula is C23H28N2O3. The fourth-order valence-corrected chi connectivity index (χ4v) is 3.41. The average Bonchev–Trinajstić information content (AvgIpc) is 2.75. The van der Waals surface area contributed by atoms with Gasteiger partial charge in [-0.05, 0) is 31.0 Å². The molecule has 1 heterocycles. The number of para-hydroxylation sites is 2. The molecule has 148 valence electrons. The van der Waals surface area contributed by atoms with E-state index in [0.29, 0.717) is 19.7 Å². The summed E-state index contributed by atoms with van der Waals surface area (Å²) in [4.78, 5) is 29.3. The molecule has 5 heteroatoms. The van der Waals surface area contributed by atoms with E-state index in [0.717, 1.165) is 23.4 Å². The van der Waals surface area contributed by atoms with Crippen LogP contribution in [0.15, 0.2) is 54.6 Å². The number of benzene rings is 2. The fourth-order valence-electron chi connectivity index (χ4n) is 3.41. The minimum absolute atomic E-state index is 0.0214. The van der Waals surface area contributed by atoms with E-state index in [1.54, 1.807) is 4.90 Å². The molecule has 1 aliphatic rings. The first-order valence-corrected chi connectivity index (χ1v) is 9.95. The predicted molar refractivity (Wildman–Crippen MR) is 110 cm³/mol. The molecule has 2 amide bonds. The highest BCUT2D eigenvalue weighted by atomic mass is 16.5. The summed E-state index contributed by atoms with van der Waals surface area (Å²) in [6.45, 7) is 5.70. The Hall–Kier alpha value is -2.82. The van der Waals surface area contributed by atoms with Crippen LogP contribution in [0.5, 0.6) is 5.75 Å². The summed E-state index contributed by atoms with van der Waals surface area (Å²) in [5.74, 6) is 0.708. The molecule has 3 rings (SSSR count). The average molecular weight is 380 g/mol. The number of rotatable bonds is 7. The minimum Gasteiger partial charge on any atom is -0.490 e. The van der Waals surface area contributed by atoms with Gasteiger partial charge in [0.15, 0.2) is 0 Å². The highest BCUT2D eigenvalue weighted by Gasteiger charge is 2.25. The Morgan fingerprint density at radius 2 is 1.79 bits per heavy atom. The van der Waals surface area contributed by atoms with Crippen LogP contribution in [-0.4, -0.2) is 35.9 Å². The van der Waals surface area contributed by atoms with Gasteiger partial charge in [-0.25, -0.2) is 0 Å². The lowest BCUT2D eigenvalue weighted by Gasteiger charge is -2.31. The van der Waals surface area contributed by atoms with Gasteiger partial charge in [-0.1, -0.05) is 49.4 Å². The third-order valence-electron chi connectivity index (χ3n) is 5.22. The van der Waals surface area contributed by atoms with Crippen molar-refractivity contribution in [3.8, 4) is 5.75 Å². The molecule has 1 aliphatic heterocycles. The van der Waals surface area contributed by atoms with Crippen molar-refractivity contribution in [3.63, 3.8) is 0 Å². The van der Waals surface area contributed by atoms with E-state index in [4.69, 9.17) is 4.74 Å². The minimum atomic E-state index is -0.0343. The SMILES string of the molecule is CCC(C)N(Cc1ccccc1)C(=O)CCC(=O)N1CCOc2ccccc21. The van der Waals surface area contributed by atoms with Crippen molar-refractivity contribution >= 4 is 17.5 Å². The van der Waals surface area contributed by atoms with Crippen LogP contribution in [0.1, 0.15) is 38.7 Å². The van der Waals surface area contributed by atoms with Crippen LogP contribution in [-0.2, 0) is 16.1 Å². The molecule has 0 N–H and O–H groups in total. The normalized spacial score (nSPS) is 14.0. The van der Waals surface area contributed by atoms with Crippen LogP contribution in [0.3, 0.4) is 0 Å². The second-order valence-corrected chi connectivity index (χ2v) is 7.13. The van der Waals surface area contributed by atoms with Crippen LogP contribution in [0.2, 0.25) is 0 Å². The summed E-state index contributed by atoms with van der Waals surface area (Å²) in [6.07, 6.45) is 1.30. The summed E-state index contributed by atoms with van der Waals surface area (Å²) in [6, 6.07) is 17.6. The summed E-state index contributed by atoms with van der Waals surface area (Å²) in [5.41, 5.74) is 1.89. The van der Waals surface area contributed by atoms with E-state index in [9.17, 15) is 9.59 Å². The van der Waals surface area contributed by atoms with Crippen molar-refractivity contribution in [2.45, 2.75) is 45.7 Å². The molecule has 1 atom stereocenters. The summed E-state index contributed by atoms with van der Waals surface area (Å²) in [5, 5.41) is 0. The van der Waals surface area contributed by atoms with E-state index < -0.39 is 0 Å². The van der Waals surface area contributed by atoms with Gasteiger partial charge in [-0.15, -0.1) is 0 Å². The Morgan fingerprint density at radius 3 is 2.54 bits per heavy atom. The maximum Gasteiger partial charge on any atom is 0.227 e. The number of anilines is 1. The Kier molecular flexibility index (Phi) is 6.69. The molecule has 1 unspecified atom stereocenters. The summed E-state index contributed by atoms with van der Waals surface area (Å²) in [7, 11) is 0. The van der Waals surface area contributed by atoms with Crippen LogP contribution in [0, 0.1) is 0 Å². The number of hydrogen-bond acceptors (Lipinski definition) is 3. The van der Waals surface area contributed by atoms with Crippen LogP contribution < -0.4 is 9.64 Å². The third-order valence-corrected chi connectivity index (χ3v) is 5.22. The molecule has 2 aromatic carbocycles. The molecule has 28 heavy (non-hydrogen) atoms. The first-order chi connectivity index (χ1) is 13.6. The standard InChI is InChI=1S/C23H28N2O3/c1-3-18(2)25(17-19-9-5-4-6-10-19)23(27)14-13-22(26)24-15-16-28-21-12-8-7-11-20(21)24/h4-12,18H,3,13-17H2,1-2H3. The van der Waals surface area contributed by atoms with Gasteiger partial charge < -0.3 is 14.5 Å². The molecule has 2 aromatic rings. The van der Waals surface area contributed by atoms with E-state index >= 15 is 0 Å². The third kappa shape index (κ3) is 4.71. The van der Waals surface area contributed by atoms with E-state index in [1.165, 1.54) is 0 Å². The Labute approximate surface area is 166 Å². The van der Waals surface area contributed by atoms with Crippen molar-refractivity contribution in [1.29, 1.82) is 0 Å². The van der Waals surface area contributed by atoms with E-state index in [-0.39, 0.29) is 30.7 Å². The molecule has 0 aliphatic carbocycles. The van der Waals surface area contributed by atoms with Gasteiger partial charge in [0.2, 0.25) is 11.8 Å². The van der Waals surface area contributed by atoms with Crippen LogP contribution >= 0.6 is 0 Å². The first-order valence-electron chi connectivity index (χ1n) is 9.95. The zero-order valence-electron chi connectivity index (χ0n) is 16.6. The molecule has 0 radical (unpaired) electrons. The molecule has 0 aromatic heterocycles. The quantitative estimate of drug-likeness (QED) is 0.729. The summed E-state index contributed by atoms with van der Waals surface area (Å²) >= 11 is 0. The highest BCUT2D eigenvalue weighted by molar-refractivity contribution is 5.97. The van der Waals surface area contributed by atoms with Crippen LogP contribution in [0.4, 0.5) is 5.69 Å². The first kappa shape index (κ1) is 19.9. The van der Waals surface area contributed by atoms with Crippen molar-refractivity contribution in [2.75, 3.05) is 18.1 Å². The second-order valence-electron chi connectivity index (χ2n) is 7.13. The Bertz CT molecular complexity index is 807. The predicted octanol–water partition coefficient (Wildman–Crippen LogP) is 4.02. The zero-order valence-corrected chi connectivity index (χ0v) is 16.6. The number of ether oxygens (including phenoxy) is 1. The Balaban J connectivity index is 1.63. The van der Waals surface area contributed by atoms with Crippen molar-refractivity contribution < 1.29 is 14.3 Å². The monoisotopic (exact) mass is 380 g/mol. The van der Waals surface area contributed by atoms with Crippen molar-refractivity contribution in [3.05, 3.63) is 60.2 Å². The number of fused-ring (bicyclic) bond motifs is 1. The molecule has 0 saturated carbocycles. The maximum absolute atomic E-state index is 12.9. The van der Waals surface area contributed by atoms with Gasteiger partial charge in [0, 0.05) is 25.4 Å². The molecule has 0 saturated heterocycles. The van der Waals surface area contributed by atoms with Crippen LogP contribution in [0.25, 0.3) is 0 Å². The lowest BCUT2D eigenvalue weighted by atomic mass is 10.1. The van der Waals surface area contributed by atoms with Gasteiger partial charge in [0.25, 0.3) is 0 Å². The lowest BCUT2D eigenvalue weighted by Crippen LogP contribution is -2.40. The number of hydrogen-bond donors (Lipinski definition) is 0. The van der Waals surface area contributed by atoms with E-state index in [2.05, 4.69) is 13.8 Å². The van der Waals surface area contributed by atoms with Gasteiger partial charge in [0.1, 0.15) is 12.4 Å². The van der Waals surface area contributed by atoms with Gasteiger partial charge in [-0.3, -0.25) is 9.59 Å². The number of nitrogens with zero attached hydrogens (tertiary/aromatic N) is 2. The molecule has 0 spiro atoms. The largest absolute Gasteiger partial charge is 0.490 e. The molecule has 0 fully saturated rings.